The molecule has 0 N–H and O–H groups in total. The van der Waals surface area contributed by atoms with Gasteiger partial charge in [0.05, 0.1) is 0 Å². The van der Waals surface area contributed by atoms with E-state index in [1.54, 1.807) is 5.57 Å². The van der Waals surface area contributed by atoms with E-state index in [4.69, 9.17) is 0 Å². The lowest BCUT2D eigenvalue weighted by Crippen LogP contribution is -2.35. The van der Waals surface area contributed by atoms with E-state index in [1.165, 1.54) is 82.6 Å². The van der Waals surface area contributed by atoms with Crippen molar-refractivity contribution in [2.24, 2.45) is 35.0 Å². The molecule has 0 fully saturated rings. The molecule has 1 rings (SSSR count). The highest BCUT2D eigenvalue weighted by molar-refractivity contribution is 5.17. The zero-order valence-corrected chi connectivity index (χ0v) is 22.2. The van der Waals surface area contributed by atoms with Crippen molar-refractivity contribution in [2.45, 2.75) is 132 Å². The third-order valence-electron chi connectivity index (χ3n) is 8.25. The zero-order chi connectivity index (χ0) is 22.7. The molecule has 0 aliphatic heterocycles. The summed E-state index contributed by atoms with van der Waals surface area (Å²) in [7, 11) is 0. The Morgan fingerprint density at radius 3 is 2.10 bits per heavy atom. The normalized spacial score (nSPS) is 23.7. The van der Waals surface area contributed by atoms with Gasteiger partial charge in [-0.25, -0.2) is 0 Å². The van der Waals surface area contributed by atoms with E-state index in [2.05, 4.69) is 68.0 Å². The van der Waals surface area contributed by atoms with Crippen molar-refractivity contribution in [3.63, 3.8) is 0 Å². The van der Waals surface area contributed by atoms with E-state index in [1.807, 2.05) is 0 Å². The Labute approximate surface area is 191 Å². The van der Waals surface area contributed by atoms with Crippen molar-refractivity contribution in [3.8, 4) is 0 Å². The minimum absolute atomic E-state index is 0.427. The van der Waals surface area contributed by atoms with Crippen LogP contribution in [-0.2, 0) is 0 Å². The van der Waals surface area contributed by atoms with Gasteiger partial charge in [0.15, 0.2) is 0 Å². The quantitative estimate of drug-likeness (QED) is 0.233. The molecule has 0 bridgehead atoms. The van der Waals surface area contributed by atoms with Gasteiger partial charge in [0.1, 0.15) is 0 Å². The van der Waals surface area contributed by atoms with Gasteiger partial charge in [-0.15, -0.1) is 0 Å². The summed E-state index contributed by atoms with van der Waals surface area (Å²) in [4.78, 5) is 0. The van der Waals surface area contributed by atoms with E-state index in [9.17, 15) is 0 Å². The summed E-state index contributed by atoms with van der Waals surface area (Å²) >= 11 is 0. The second-order valence-corrected chi connectivity index (χ2v) is 11.9. The molecular formula is C30H56. The fraction of sp³-hybridized carbons (Fsp3) is 0.867. The summed E-state index contributed by atoms with van der Waals surface area (Å²) in [6.45, 7) is 23.7. The summed E-state index contributed by atoms with van der Waals surface area (Å²) < 4.78 is 0. The van der Waals surface area contributed by atoms with Crippen LogP contribution in [0.1, 0.15) is 132 Å². The molecule has 5 atom stereocenters. The Balaban J connectivity index is 2.79. The molecule has 0 aromatic carbocycles. The highest BCUT2D eigenvalue weighted by atomic mass is 14.4. The number of hydrogen-bond donors (Lipinski definition) is 0. The molecule has 1 aliphatic carbocycles. The molecule has 0 spiro atoms. The van der Waals surface area contributed by atoms with Crippen LogP contribution >= 0.6 is 0 Å². The van der Waals surface area contributed by atoms with Gasteiger partial charge in [-0.2, -0.15) is 0 Å². The molecule has 30 heavy (non-hydrogen) atoms. The molecule has 0 heterocycles. The van der Waals surface area contributed by atoms with Crippen LogP contribution < -0.4 is 0 Å². The van der Waals surface area contributed by atoms with Gasteiger partial charge >= 0.3 is 0 Å². The Bertz CT molecular complexity index is 510. The van der Waals surface area contributed by atoms with Crippen LogP contribution in [0, 0.1) is 35.0 Å². The van der Waals surface area contributed by atoms with Crippen LogP contribution in [0.4, 0.5) is 0 Å². The molecule has 0 aromatic heterocycles. The Morgan fingerprint density at radius 2 is 1.57 bits per heavy atom. The van der Waals surface area contributed by atoms with Gasteiger partial charge in [-0.1, -0.05) is 117 Å². The van der Waals surface area contributed by atoms with Gasteiger partial charge in [-0.05, 0) is 74.5 Å². The maximum absolute atomic E-state index is 4.42. The fourth-order valence-electron chi connectivity index (χ4n) is 5.70. The van der Waals surface area contributed by atoms with Crippen LogP contribution in [0.3, 0.4) is 0 Å². The molecule has 0 saturated heterocycles. The van der Waals surface area contributed by atoms with Crippen molar-refractivity contribution in [3.05, 3.63) is 23.8 Å². The van der Waals surface area contributed by atoms with Crippen LogP contribution in [0.25, 0.3) is 0 Å². The molecule has 0 amide bonds. The monoisotopic (exact) mass is 416 g/mol. The first kappa shape index (κ1) is 27.5. The van der Waals surface area contributed by atoms with Crippen molar-refractivity contribution >= 4 is 0 Å². The highest BCUT2D eigenvalue weighted by Gasteiger charge is 2.39. The van der Waals surface area contributed by atoms with Crippen LogP contribution in [0.5, 0.6) is 0 Å². The Hall–Kier alpha value is -0.520. The Morgan fingerprint density at radius 1 is 1.00 bits per heavy atom. The minimum atomic E-state index is 0.427. The Kier molecular flexibility index (Phi) is 12.7. The standard InChI is InChI=1S/C30H56/c1-10-25(6)16-12-20-30(9,21-13-17-26(7)15-11-14-23(2)3)29-22-27(8)18-19-28(29)24(4)5/h22-23,25-26,28-29H,4,10-21H2,1-3,5-9H3. The average Bonchev–Trinajstić information content (AvgIpc) is 2.67. The third kappa shape index (κ3) is 9.74. The highest BCUT2D eigenvalue weighted by Crippen LogP contribution is 2.49. The molecule has 176 valence electrons. The molecule has 0 heteroatoms. The molecule has 1 aliphatic rings. The van der Waals surface area contributed by atoms with E-state index in [0.29, 0.717) is 17.3 Å². The summed E-state index contributed by atoms with van der Waals surface area (Å²) in [6, 6.07) is 0. The molecule has 0 aromatic rings. The first-order valence-electron chi connectivity index (χ1n) is 13.4. The van der Waals surface area contributed by atoms with Gasteiger partial charge < -0.3 is 0 Å². The topological polar surface area (TPSA) is 0 Å². The van der Waals surface area contributed by atoms with Gasteiger partial charge in [0.25, 0.3) is 0 Å². The molecule has 5 unspecified atom stereocenters. The number of allylic oxidation sites excluding steroid dienone is 3. The lowest BCUT2D eigenvalue weighted by Gasteiger charge is -2.44. The molecule has 0 saturated carbocycles. The second-order valence-electron chi connectivity index (χ2n) is 11.9. The predicted octanol–water partition coefficient (Wildman–Crippen LogP) is 10.4. The van der Waals surface area contributed by atoms with Crippen molar-refractivity contribution in [1.29, 1.82) is 0 Å². The zero-order valence-electron chi connectivity index (χ0n) is 22.2. The molecule has 0 radical (unpaired) electrons. The molecular weight excluding hydrogens is 360 g/mol. The van der Waals surface area contributed by atoms with Crippen molar-refractivity contribution < 1.29 is 0 Å². The first-order valence-corrected chi connectivity index (χ1v) is 13.4. The smallest absolute Gasteiger partial charge is 0.0111 e. The third-order valence-corrected chi connectivity index (χ3v) is 8.25. The van der Waals surface area contributed by atoms with Crippen LogP contribution in [-0.4, -0.2) is 0 Å². The lowest BCUT2D eigenvalue weighted by atomic mass is 9.60. The maximum Gasteiger partial charge on any atom is -0.0111 e. The van der Waals surface area contributed by atoms with E-state index < -0.39 is 0 Å². The predicted molar refractivity (Wildman–Crippen MR) is 138 cm³/mol. The van der Waals surface area contributed by atoms with Crippen LogP contribution in [0.15, 0.2) is 23.8 Å². The van der Waals surface area contributed by atoms with Crippen molar-refractivity contribution in [1.82, 2.24) is 0 Å². The maximum atomic E-state index is 4.42. The second kappa shape index (κ2) is 13.8. The van der Waals surface area contributed by atoms with Gasteiger partial charge in [0, 0.05) is 0 Å². The molecule has 0 nitrogen and oxygen atoms in total. The first-order chi connectivity index (χ1) is 14.1. The summed E-state index contributed by atoms with van der Waals surface area (Å²) in [5.74, 6) is 3.98. The fourth-order valence-corrected chi connectivity index (χ4v) is 5.70. The number of hydrogen-bond acceptors (Lipinski definition) is 0. The van der Waals surface area contributed by atoms with Crippen molar-refractivity contribution in [2.75, 3.05) is 0 Å². The van der Waals surface area contributed by atoms with Gasteiger partial charge in [-0.3, -0.25) is 0 Å². The van der Waals surface area contributed by atoms with E-state index in [-0.39, 0.29) is 0 Å². The van der Waals surface area contributed by atoms with E-state index >= 15 is 0 Å². The van der Waals surface area contributed by atoms with Crippen LogP contribution in [0.2, 0.25) is 0 Å². The average molecular weight is 417 g/mol. The lowest BCUT2D eigenvalue weighted by molar-refractivity contribution is 0.124. The SMILES string of the molecule is C=C(C)C1CCC(C)=CC1C(C)(CCCC(C)CC)CCCC(C)CCCC(C)C. The summed E-state index contributed by atoms with van der Waals surface area (Å²) in [5.41, 5.74) is 3.46. The van der Waals surface area contributed by atoms with Gasteiger partial charge in [0.2, 0.25) is 0 Å². The largest absolute Gasteiger partial charge is 0.0998 e. The minimum Gasteiger partial charge on any atom is -0.0998 e. The summed E-state index contributed by atoms with van der Waals surface area (Å²) in [6.07, 6.45) is 19.2. The summed E-state index contributed by atoms with van der Waals surface area (Å²) in [5, 5.41) is 0. The number of rotatable bonds is 15. The van der Waals surface area contributed by atoms with E-state index in [0.717, 1.165) is 17.8 Å².